The molecule has 1 saturated heterocycles. The molecule has 10 heteroatoms. The lowest BCUT2D eigenvalue weighted by Gasteiger charge is -2.34. The lowest BCUT2D eigenvalue weighted by atomic mass is 10.0. The fourth-order valence-electron chi connectivity index (χ4n) is 4.51. The molecule has 1 aliphatic heterocycles. The van der Waals surface area contributed by atoms with Crippen LogP contribution in [0.15, 0.2) is 89.5 Å². The van der Waals surface area contributed by atoms with Crippen molar-refractivity contribution in [3.63, 3.8) is 0 Å². The Morgan fingerprint density at radius 3 is 2.27 bits per heavy atom. The number of aromatic nitrogens is 2. The van der Waals surface area contributed by atoms with Gasteiger partial charge in [-0.2, -0.15) is 4.98 Å². The first-order chi connectivity index (χ1) is 20.2. The van der Waals surface area contributed by atoms with E-state index in [0.717, 1.165) is 30.0 Å². The summed E-state index contributed by atoms with van der Waals surface area (Å²) in [6, 6.07) is 26.9. The first-order valence-electron chi connectivity index (χ1n) is 13.7. The Balaban J connectivity index is 1.08. The van der Waals surface area contributed by atoms with E-state index in [2.05, 4.69) is 25.7 Å². The Morgan fingerprint density at radius 1 is 0.854 bits per heavy atom. The Bertz CT molecular complexity index is 1390. The van der Waals surface area contributed by atoms with Gasteiger partial charge in [-0.05, 0) is 35.4 Å². The van der Waals surface area contributed by atoms with E-state index >= 15 is 0 Å². The number of hydrogen-bond donors (Lipinski definition) is 2. The van der Waals surface area contributed by atoms with Gasteiger partial charge in [0.1, 0.15) is 12.4 Å². The fraction of sp³-hybridized carbons (Fsp3) is 0.290. The van der Waals surface area contributed by atoms with Crippen molar-refractivity contribution >= 4 is 11.8 Å². The second-order valence-corrected chi connectivity index (χ2v) is 9.60. The van der Waals surface area contributed by atoms with Crippen molar-refractivity contribution in [2.45, 2.75) is 12.5 Å². The monoisotopic (exact) mass is 555 g/mol. The van der Waals surface area contributed by atoms with Crippen molar-refractivity contribution in [1.82, 2.24) is 25.7 Å². The first kappa shape index (κ1) is 28.0. The van der Waals surface area contributed by atoms with E-state index in [4.69, 9.17) is 14.0 Å². The zero-order valence-electron chi connectivity index (χ0n) is 22.7. The number of hydrogen-bond acceptors (Lipinski definition) is 8. The predicted molar refractivity (Wildman–Crippen MR) is 153 cm³/mol. The van der Waals surface area contributed by atoms with Crippen LogP contribution in [0, 0.1) is 0 Å². The summed E-state index contributed by atoms with van der Waals surface area (Å²) in [6.45, 7) is 3.85. The Hall–Kier alpha value is -4.54. The summed E-state index contributed by atoms with van der Waals surface area (Å²) in [5.41, 5.74) is 2.69. The summed E-state index contributed by atoms with van der Waals surface area (Å²) in [4.78, 5) is 31.8. The molecule has 0 saturated carbocycles. The van der Waals surface area contributed by atoms with Crippen LogP contribution in [0.4, 0.5) is 0 Å². The van der Waals surface area contributed by atoms with Crippen LogP contribution in [0.1, 0.15) is 26.9 Å². The summed E-state index contributed by atoms with van der Waals surface area (Å²) >= 11 is 0. The molecule has 1 atom stereocenters. The molecule has 212 valence electrons. The van der Waals surface area contributed by atoms with Crippen molar-refractivity contribution in [3.05, 3.63) is 102 Å². The average molecular weight is 556 g/mol. The topological polar surface area (TPSA) is 119 Å². The first-order valence-corrected chi connectivity index (χ1v) is 13.7. The lowest BCUT2D eigenvalue weighted by Crippen LogP contribution is -2.51. The molecule has 1 aliphatic rings. The average Bonchev–Trinajstić information content (AvgIpc) is 3.51. The van der Waals surface area contributed by atoms with Gasteiger partial charge in [-0.3, -0.25) is 14.5 Å². The molecule has 0 spiro atoms. The maximum absolute atomic E-state index is 12.8. The highest BCUT2D eigenvalue weighted by atomic mass is 16.5. The van der Waals surface area contributed by atoms with E-state index in [1.807, 2.05) is 72.8 Å². The molecule has 1 fully saturated rings. The normalized spacial score (nSPS) is 14.2. The minimum atomic E-state index is -0.430. The predicted octanol–water partition coefficient (Wildman–Crippen LogP) is 3.22. The second-order valence-electron chi connectivity index (χ2n) is 9.60. The third-order valence-corrected chi connectivity index (χ3v) is 6.80. The van der Waals surface area contributed by atoms with Gasteiger partial charge in [-0.15, -0.1) is 0 Å². The molecule has 1 aromatic heterocycles. The zero-order valence-corrected chi connectivity index (χ0v) is 22.7. The van der Waals surface area contributed by atoms with E-state index in [1.165, 1.54) is 0 Å². The molecular weight excluding hydrogens is 522 g/mol. The van der Waals surface area contributed by atoms with Gasteiger partial charge in [0.25, 0.3) is 17.6 Å². The molecule has 0 aliphatic carbocycles. The Labute approximate surface area is 238 Å². The number of nitrogens with one attached hydrogen (secondary N) is 2. The van der Waals surface area contributed by atoms with E-state index in [-0.39, 0.29) is 23.7 Å². The maximum Gasteiger partial charge on any atom is 0.292 e. The molecule has 4 aromatic rings. The highest BCUT2D eigenvalue weighted by Crippen LogP contribution is 2.19. The number of benzene rings is 3. The molecule has 5 rings (SSSR count). The standard InChI is InChI=1S/C31H33N5O5/c37-30(25-13-11-24(12-14-25)23-7-3-1-4-8-23)32-16-15-28-34-29(35-41-28)31(38)33-21-26(36-17-19-39-20-18-36)22-40-27-9-5-2-6-10-27/h1-14,26H,15-22H2,(H,32,37)(H,33,38). The lowest BCUT2D eigenvalue weighted by molar-refractivity contribution is 0.00641. The molecule has 0 bridgehead atoms. The molecule has 41 heavy (non-hydrogen) atoms. The van der Waals surface area contributed by atoms with Crippen molar-refractivity contribution in [2.24, 2.45) is 0 Å². The number of para-hydroxylation sites is 1. The molecule has 2 amide bonds. The van der Waals surface area contributed by atoms with Crippen LogP contribution >= 0.6 is 0 Å². The van der Waals surface area contributed by atoms with Crippen LogP contribution < -0.4 is 15.4 Å². The van der Waals surface area contributed by atoms with Gasteiger partial charge in [0.15, 0.2) is 0 Å². The number of carbonyl (C=O) groups excluding carboxylic acids is 2. The molecule has 3 aromatic carbocycles. The SMILES string of the molecule is O=C(NCCc1nc(C(=O)NCC(COc2ccccc2)N2CCOCC2)no1)c1ccc(-c2ccccc2)cc1. The number of morpholine rings is 1. The minimum Gasteiger partial charge on any atom is -0.492 e. The number of ether oxygens (including phenoxy) is 2. The molecular formula is C31H33N5O5. The Kier molecular flexibility index (Phi) is 9.70. The van der Waals surface area contributed by atoms with Crippen molar-refractivity contribution in [1.29, 1.82) is 0 Å². The minimum absolute atomic E-state index is 0.0486. The highest BCUT2D eigenvalue weighted by molar-refractivity contribution is 5.94. The quantitative estimate of drug-likeness (QED) is 0.274. The summed E-state index contributed by atoms with van der Waals surface area (Å²) < 4.78 is 16.7. The molecule has 2 heterocycles. The molecule has 1 unspecified atom stereocenters. The number of nitrogens with zero attached hydrogens (tertiary/aromatic N) is 3. The molecule has 0 radical (unpaired) electrons. The van der Waals surface area contributed by atoms with Gasteiger partial charge < -0.3 is 24.6 Å². The van der Waals surface area contributed by atoms with Crippen LogP contribution in [0.3, 0.4) is 0 Å². The maximum atomic E-state index is 12.8. The summed E-state index contributed by atoms with van der Waals surface area (Å²) in [6.07, 6.45) is 0.301. The van der Waals surface area contributed by atoms with E-state index < -0.39 is 5.91 Å². The van der Waals surface area contributed by atoms with Gasteiger partial charge >= 0.3 is 0 Å². The van der Waals surface area contributed by atoms with Crippen LogP contribution in [-0.2, 0) is 11.2 Å². The van der Waals surface area contributed by atoms with Gasteiger partial charge in [-0.25, -0.2) is 0 Å². The molecule has 10 nitrogen and oxygen atoms in total. The summed E-state index contributed by atoms with van der Waals surface area (Å²) in [7, 11) is 0. The van der Waals surface area contributed by atoms with Crippen LogP contribution in [0.5, 0.6) is 5.75 Å². The van der Waals surface area contributed by atoms with E-state index in [0.29, 0.717) is 44.9 Å². The Morgan fingerprint density at radius 2 is 1.54 bits per heavy atom. The van der Waals surface area contributed by atoms with Crippen molar-refractivity contribution < 1.29 is 23.6 Å². The van der Waals surface area contributed by atoms with E-state index in [1.54, 1.807) is 12.1 Å². The van der Waals surface area contributed by atoms with E-state index in [9.17, 15) is 9.59 Å². The second kappa shape index (κ2) is 14.2. The largest absolute Gasteiger partial charge is 0.492 e. The van der Waals surface area contributed by atoms with Crippen molar-refractivity contribution in [3.8, 4) is 16.9 Å². The van der Waals surface area contributed by atoms with Crippen LogP contribution in [-0.4, -0.2) is 78.9 Å². The highest BCUT2D eigenvalue weighted by Gasteiger charge is 2.24. The van der Waals surface area contributed by atoms with Crippen molar-refractivity contribution in [2.75, 3.05) is 46.0 Å². The number of amides is 2. The summed E-state index contributed by atoms with van der Waals surface area (Å²) in [5, 5.41) is 9.57. The van der Waals surface area contributed by atoms with Gasteiger partial charge in [0.05, 0.1) is 19.3 Å². The van der Waals surface area contributed by atoms with Gasteiger partial charge in [-0.1, -0.05) is 65.8 Å². The van der Waals surface area contributed by atoms with Gasteiger partial charge in [0, 0.05) is 38.2 Å². The number of rotatable bonds is 12. The smallest absolute Gasteiger partial charge is 0.292 e. The third-order valence-electron chi connectivity index (χ3n) is 6.80. The molecule has 2 N–H and O–H groups in total. The zero-order chi connectivity index (χ0) is 28.3. The third kappa shape index (κ3) is 8.00. The van der Waals surface area contributed by atoms with Gasteiger partial charge in [0.2, 0.25) is 5.89 Å². The fourth-order valence-corrected chi connectivity index (χ4v) is 4.51. The van der Waals surface area contributed by atoms with Crippen LogP contribution in [0.25, 0.3) is 11.1 Å². The summed E-state index contributed by atoms with van der Waals surface area (Å²) in [5.74, 6) is 0.366. The number of carbonyl (C=O) groups is 2. The van der Waals surface area contributed by atoms with Crippen LogP contribution in [0.2, 0.25) is 0 Å².